The van der Waals surface area contributed by atoms with Crippen molar-refractivity contribution in [3.8, 4) is 0 Å². The average molecular weight is 524 g/mol. The van der Waals surface area contributed by atoms with E-state index in [0.29, 0.717) is 0 Å². The minimum Gasteiger partial charge on any atom is -0.459 e. The molecule has 35 heavy (non-hydrogen) atoms. The first kappa shape index (κ1) is 28.1. The molecule has 2 saturated heterocycles. The topological polar surface area (TPSA) is 208 Å². The molecule has 0 bridgehead atoms. The first-order valence-electron chi connectivity index (χ1n) is 10.9. The molecule has 0 spiro atoms. The number of benzene rings is 1. The van der Waals surface area contributed by atoms with Crippen LogP contribution in [0, 0.1) is 0 Å². The van der Waals surface area contributed by atoms with Crippen LogP contribution in [0.5, 0.6) is 0 Å². The van der Waals surface area contributed by atoms with E-state index in [-0.39, 0.29) is 6.42 Å². The molecule has 0 aromatic heterocycles. The van der Waals surface area contributed by atoms with Gasteiger partial charge in [-0.2, -0.15) is 0 Å². The zero-order valence-corrected chi connectivity index (χ0v) is 19.2. The largest absolute Gasteiger partial charge is 0.459 e. The average Bonchev–Trinajstić information content (AvgIpc) is 3.11. The maximum atomic E-state index is 12.7. The fourth-order valence-corrected chi connectivity index (χ4v) is 4.07. The van der Waals surface area contributed by atoms with Crippen LogP contribution in [0.15, 0.2) is 30.3 Å². The first-order chi connectivity index (χ1) is 16.7. The molecule has 8 N–H and O–H groups in total. The zero-order valence-electron chi connectivity index (χ0n) is 18.5. The van der Waals surface area contributed by atoms with Crippen molar-refractivity contribution in [1.29, 1.82) is 0 Å². The van der Waals surface area contributed by atoms with Crippen LogP contribution in [0.2, 0.25) is 0 Å². The number of halogens is 1. The van der Waals surface area contributed by atoms with Crippen LogP contribution in [-0.2, 0) is 30.2 Å². The fourth-order valence-electron chi connectivity index (χ4n) is 3.91. The minimum absolute atomic E-state index is 0.148. The molecule has 0 saturated carbocycles. The van der Waals surface area contributed by atoms with Gasteiger partial charge >= 0.3 is 5.97 Å². The molecule has 0 amide bonds. The van der Waals surface area contributed by atoms with Crippen LogP contribution >= 0.6 is 11.8 Å². The summed E-state index contributed by atoms with van der Waals surface area (Å²) in [6.07, 6.45) is -13.3. The van der Waals surface area contributed by atoms with E-state index in [1.165, 1.54) is 0 Å². The molecule has 1 aromatic rings. The lowest BCUT2D eigenvalue weighted by Crippen LogP contribution is -2.63. The highest BCUT2D eigenvalue weighted by Gasteiger charge is 2.59. The standard InChI is InChI=1S/C21H30ClNO12/c22-23-11(6-10-4-2-1-3-5-10)19(31)32-9-21(18(30)15(27)13(8-25)34-21)35-20-17(29)16(28)14(26)12(7-24)33-20/h1-5,11-18,20,23-30H,6-9H2/t11-,12+,13+,14+,15+,16-,17+,18-,20+,21-/m0/s1. The van der Waals surface area contributed by atoms with Crippen LogP contribution in [-0.4, -0.2) is 122 Å². The Bertz CT molecular complexity index is 819. The Balaban J connectivity index is 1.78. The Morgan fingerprint density at radius 3 is 2.23 bits per heavy atom. The normalized spacial score (nSPS) is 38.3. The number of ether oxygens (including phenoxy) is 4. The van der Waals surface area contributed by atoms with Gasteiger partial charge in [0.15, 0.2) is 6.29 Å². The lowest BCUT2D eigenvalue weighted by molar-refractivity contribution is -0.383. The smallest absolute Gasteiger partial charge is 0.324 e. The molecule has 0 radical (unpaired) electrons. The zero-order chi connectivity index (χ0) is 25.8. The third kappa shape index (κ3) is 6.10. The van der Waals surface area contributed by atoms with Crippen LogP contribution in [0.1, 0.15) is 5.56 Å². The molecule has 1 aromatic carbocycles. The molecule has 14 heteroatoms. The van der Waals surface area contributed by atoms with Crippen molar-refractivity contribution in [2.75, 3.05) is 19.8 Å². The summed E-state index contributed by atoms with van der Waals surface area (Å²) in [4.78, 5) is 15.0. The van der Waals surface area contributed by atoms with Gasteiger partial charge in [0, 0.05) is 0 Å². The van der Waals surface area contributed by atoms with Gasteiger partial charge in [0.25, 0.3) is 0 Å². The van der Waals surface area contributed by atoms with Crippen molar-refractivity contribution in [3.05, 3.63) is 35.9 Å². The maximum Gasteiger partial charge on any atom is 0.324 e. The number of aliphatic hydroxyl groups is 7. The number of aliphatic hydroxyl groups excluding tert-OH is 7. The fraction of sp³-hybridized carbons (Fsp3) is 0.667. The minimum atomic E-state index is -2.36. The Morgan fingerprint density at radius 2 is 1.66 bits per heavy atom. The lowest BCUT2D eigenvalue weighted by Gasteiger charge is -2.43. The molecule has 13 nitrogen and oxygen atoms in total. The van der Waals surface area contributed by atoms with Crippen molar-refractivity contribution in [2.45, 2.75) is 67.3 Å². The monoisotopic (exact) mass is 523 g/mol. The lowest BCUT2D eigenvalue weighted by atomic mass is 9.99. The summed E-state index contributed by atoms with van der Waals surface area (Å²) in [7, 11) is 0. The predicted octanol–water partition coefficient (Wildman–Crippen LogP) is -3.49. The number of esters is 1. The predicted molar refractivity (Wildman–Crippen MR) is 115 cm³/mol. The van der Waals surface area contributed by atoms with E-state index in [9.17, 15) is 40.5 Å². The quantitative estimate of drug-likeness (QED) is 0.111. The summed E-state index contributed by atoms with van der Waals surface area (Å²) >= 11 is 5.71. The summed E-state index contributed by atoms with van der Waals surface area (Å²) in [6.45, 7) is -2.34. The molecule has 2 aliphatic rings. The number of carbonyl (C=O) groups excluding carboxylic acids is 1. The SMILES string of the molecule is O=C(OC[C@@]1(O[C@H]2O[C@H](CO)[C@@H](O)[C@H](O)[C@H]2O)O[C@H](CO)[C@@H](O)[C@@H]1O)[C@H](Cc1ccccc1)NCl. The van der Waals surface area contributed by atoms with Crippen LogP contribution < -0.4 is 4.84 Å². The van der Waals surface area contributed by atoms with Gasteiger partial charge in [-0.25, -0.2) is 4.84 Å². The van der Waals surface area contributed by atoms with E-state index >= 15 is 0 Å². The Hall–Kier alpha value is -1.46. The van der Waals surface area contributed by atoms with Crippen LogP contribution in [0.3, 0.4) is 0 Å². The van der Waals surface area contributed by atoms with Gasteiger partial charge in [0.1, 0.15) is 55.4 Å². The third-order valence-corrected chi connectivity index (χ3v) is 6.23. The summed E-state index contributed by atoms with van der Waals surface area (Å²) in [5.74, 6) is -3.24. The molecular weight excluding hydrogens is 494 g/mol. The summed E-state index contributed by atoms with van der Waals surface area (Å²) in [5.41, 5.74) is 0.766. The molecular formula is C21H30ClNO12. The Kier molecular flexibility index (Phi) is 9.79. The van der Waals surface area contributed by atoms with Gasteiger partial charge in [-0.3, -0.25) is 4.79 Å². The maximum absolute atomic E-state index is 12.7. The second-order valence-corrected chi connectivity index (χ2v) is 8.58. The van der Waals surface area contributed by atoms with Crippen molar-refractivity contribution in [2.24, 2.45) is 0 Å². The van der Waals surface area contributed by atoms with Crippen molar-refractivity contribution in [1.82, 2.24) is 4.84 Å². The van der Waals surface area contributed by atoms with Crippen LogP contribution in [0.25, 0.3) is 0 Å². The van der Waals surface area contributed by atoms with Gasteiger partial charge in [0.2, 0.25) is 5.79 Å². The summed E-state index contributed by atoms with van der Waals surface area (Å²) in [5, 5.41) is 70.1. The Morgan fingerprint density at radius 1 is 1.00 bits per heavy atom. The van der Waals surface area contributed by atoms with E-state index < -0.39 is 86.6 Å². The molecule has 2 heterocycles. The summed E-state index contributed by atoms with van der Waals surface area (Å²) in [6, 6.07) is 7.85. The molecule has 2 aliphatic heterocycles. The van der Waals surface area contributed by atoms with Crippen molar-refractivity contribution in [3.63, 3.8) is 0 Å². The number of carbonyl (C=O) groups is 1. The highest BCUT2D eigenvalue weighted by molar-refractivity contribution is 6.14. The van der Waals surface area contributed by atoms with Gasteiger partial charge < -0.3 is 54.7 Å². The number of nitrogens with one attached hydrogen (secondary N) is 1. The number of hydrogen-bond donors (Lipinski definition) is 8. The number of hydrogen-bond acceptors (Lipinski definition) is 13. The van der Waals surface area contributed by atoms with Gasteiger partial charge in [-0.1, -0.05) is 30.3 Å². The summed E-state index contributed by atoms with van der Waals surface area (Å²) < 4.78 is 21.6. The third-order valence-electron chi connectivity index (χ3n) is 5.96. The number of rotatable bonds is 10. The molecule has 3 rings (SSSR count). The van der Waals surface area contributed by atoms with E-state index in [4.69, 9.17) is 30.7 Å². The first-order valence-corrected chi connectivity index (χ1v) is 11.2. The highest BCUT2D eigenvalue weighted by atomic mass is 35.5. The molecule has 2 fully saturated rings. The van der Waals surface area contributed by atoms with Crippen molar-refractivity contribution < 1.29 is 59.5 Å². The van der Waals surface area contributed by atoms with Gasteiger partial charge in [-0.15, -0.1) is 0 Å². The van der Waals surface area contributed by atoms with E-state index in [2.05, 4.69) is 4.84 Å². The van der Waals surface area contributed by atoms with Gasteiger partial charge in [-0.05, 0) is 23.8 Å². The second kappa shape index (κ2) is 12.2. The second-order valence-electron chi connectivity index (χ2n) is 8.36. The molecule has 0 aliphatic carbocycles. The van der Waals surface area contributed by atoms with E-state index in [0.717, 1.165) is 5.56 Å². The highest BCUT2D eigenvalue weighted by Crippen LogP contribution is 2.36. The van der Waals surface area contributed by atoms with E-state index in [1.54, 1.807) is 30.3 Å². The van der Waals surface area contributed by atoms with Gasteiger partial charge in [0.05, 0.1) is 13.2 Å². The Labute approximate surface area is 205 Å². The van der Waals surface area contributed by atoms with Crippen LogP contribution in [0.4, 0.5) is 0 Å². The molecule has 198 valence electrons. The van der Waals surface area contributed by atoms with E-state index in [1.807, 2.05) is 0 Å². The molecule has 10 atom stereocenters. The van der Waals surface area contributed by atoms with Crippen molar-refractivity contribution >= 4 is 17.7 Å². The molecule has 0 unspecified atom stereocenters.